The highest BCUT2D eigenvalue weighted by Gasteiger charge is 2.10. The molecule has 2 aromatic carbocycles. The molecule has 0 fully saturated rings. The third-order valence-corrected chi connectivity index (χ3v) is 3.54. The third kappa shape index (κ3) is 3.87. The van der Waals surface area contributed by atoms with Gasteiger partial charge in [-0.25, -0.2) is 8.78 Å². The van der Waals surface area contributed by atoms with Crippen LogP contribution in [0, 0.1) is 18.6 Å². The van der Waals surface area contributed by atoms with E-state index in [0.717, 1.165) is 25.0 Å². The SMILES string of the molecule is Cc1ccccc1CCC(N)Cc1cc(F)ccc1F. The monoisotopic (exact) mass is 275 g/mol. The third-order valence-electron chi connectivity index (χ3n) is 3.54. The highest BCUT2D eigenvalue weighted by atomic mass is 19.1. The first-order valence-corrected chi connectivity index (χ1v) is 6.80. The van der Waals surface area contributed by atoms with Crippen LogP contribution in [-0.2, 0) is 12.8 Å². The van der Waals surface area contributed by atoms with Gasteiger partial charge in [0.05, 0.1) is 0 Å². The number of rotatable bonds is 5. The van der Waals surface area contributed by atoms with Gasteiger partial charge >= 0.3 is 0 Å². The number of aryl methyl sites for hydroxylation is 2. The number of benzene rings is 2. The summed E-state index contributed by atoms with van der Waals surface area (Å²) in [7, 11) is 0. The molecule has 0 aliphatic rings. The minimum Gasteiger partial charge on any atom is -0.327 e. The normalized spacial score (nSPS) is 12.4. The van der Waals surface area contributed by atoms with E-state index < -0.39 is 11.6 Å². The maximum atomic E-state index is 13.5. The van der Waals surface area contributed by atoms with Gasteiger partial charge in [-0.1, -0.05) is 24.3 Å². The minimum absolute atomic E-state index is 0.175. The van der Waals surface area contributed by atoms with E-state index in [1.165, 1.54) is 17.2 Å². The van der Waals surface area contributed by atoms with Crippen LogP contribution in [-0.4, -0.2) is 6.04 Å². The highest BCUT2D eigenvalue weighted by Crippen LogP contribution is 2.15. The maximum absolute atomic E-state index is 13.5. The van der Waals surface area contributed by atoms with Crippen molar-refractivity contribution in [1.82, 2.24) is 0 Å². The van der Waals surface area contributed by atoms with Crippen LogP contribution in [0.5, 0.6) is 0 Å². The standard InChI is InChI=1S/C17H19F2N/c1-12-4-2-3-5-13(12)6-8-16(20)11-14-10-15(18)7-9-17(14)19/h2-5,7,9-10,16H,6,8,11,20H2,1H3. The van der Waals surface area contributed by atoms with Gasteiger partial charge in [-0.05, 0) is 61.1 Å². The zero-order valence-electron chi connectivity index (χ0n) is 11.6. The summed E-state index contributed by atoms with van der Waals surface area (Å²) in [4.78, 5) is 0. The van der Waals surface area contributed by atoms with E-state index in [4.69, 9.17) is 5.73 Å². The second-order valence-corrected chi connectivity index (χ2v) is 5.17. The van der Waals surface area contributed by atoms with Gasteiger partial charge in [-0.2, -0.15) is 0 Å². The molecule has 1 nitrogen and oxygen atoms in total. The molecule has 106 valence electrons. The van der Waals surface area contributed by atoms with Gasteiger partial charge in [-0.15, -0.1) is 0 Å². The van der Waals surface area contributed by atoms with Gasteiger partial charge in [0, 0.05) is 6.04 Å². The summed E-state index contributed by atoms with van der Waals surface area (Å²) in [5.41, 5.74) is 8.87. The Kier molecular flexibility index (Phi) is 4.85. The van der Waals surface area contributed by atoms with E-state index >= 15 is 0 Å². The Morgan fingerprint density at radius 3 is 2.55 bits per heavy atom. The summed E-state index contributed by atoms with van der Waals surface area (Å²) in [6.07, 6.45) is 1.96. The predicted molar refractivity (Wildman–Crippen MR) is 77.5 cm³/mol. The van der Waals surface area contributed by atoms with E-state index in [1.807, 2.05) is 12.1 Å². The first-order valence-electron chi connectivity index (χ1n) is 6.80. The van der Waals surface area contributed by atoms with Crippen molar-refractivity contribution in [3.8, 4) is 0 Å². The lowest BCUT2D eigenvalue weighted by Crippen LogP contribution is -2.24. The molecule has 0 aromatic heterocycles. The Morgan fingerprint density at radius 2 is 1.80 bits per heavy atom. The molecule has 2 aromatic rings. The van der Waals surface area contributed by atoms with E-state index in [9.17, 15) is 8.78 Å². The molecule has 3 heteroatoms. The van der Waals surface area contributed by atoms with Gasteiger partial charge in [0.1, 0.15) is 11.6 Å². The van der Waals surface area contributed by atoms with Crippen molar-refractivity contribution in [2.75, 3.05) is 0 Å². The molecule has 0 aliphatic carbocycles. The molecule has 1 atom stereocenters. The first kappa shape index (κ1) is 14.7. The van der Waals surface area contributed by atoms with Crippen molar-refractivity contribution < 1.29 is 8.78 Å². The Labute approximate surface area is 118 Å². The number of hydrogen-bond donors (Lipinski definition) is 1. The van der Waals surface area contributed by atoms with Crippen molar-refractivity contribution in [2.45, 2.75) is 32.2 Å². The van der Waals surface area contributed by atoms with Crippen molar-refractivity contribution in [2.24, 2.45) is 5.73 Å². The molecule has 0 bridgehead atoms. The molecule has 0 saturated heterocycles. The number of halogens is 2. The Balaban J connectivity index is 1.94. The van der Waals surface area contributed by atoms with Crippen molar-refractivity contribution in [1.29, 1.82) is 0 Å². The van der Waals surface area contributed by atoms with Gasteiger partial charge in [0.15, 0.2) is 0 Å². The molecule has 0 aliphatic heterocycles. The topological polar surface area (TPSA) is 26.0 Å². The van der Waals surface area contributed by atoms with Crippen molar-refractivity contribution in [3.05, 3.63) is 70.8 Å². The van der Waals surface area contributed by atoms with E-state index in [1.54, 1.807) is 0 Å². The number of nitrogens with two attached hydrogens (primary N) is 1. The quantitative estimate of drug-likeness (QED) is 0.883. The second-order valence-electron chi connectivity index (χ2n) is 5.17. The van der Waals surface area contributed by atoms with Crippen LogP contribution >= 0.6 is 0 Å². The molecule has 0 saturated carbocycles. The van der Waals surface area contributed by atoms with Crippen LogP contribution in [0.3, 0.4) is 0 Å². The van der Waals surface area contributed by atoms with Gasteiger partial charge in [-0.3, -0.25) is 0 Å². The Bertz CT molecular complexity index is 581. The van der Waals surface area contributed by atoms with E-state index in [0.29, 0.717) is 12.0 Å². The lowest BCUT2D eigenvalue weighted by atomic mass is 9.97. The van der Waals surface area contributed by atoms with Crippen molar-refractivity contribution >= 4 is 0 Å². The highest BCUT2D eigenvalue weighted by molar-refractivity contribution is 5.26. The molecular formula is C17H19F2N. The van der Waals surface area contributed by atoms with Crippen LogP contribution in [0.2, 0.25) is 0 Å². The summed E-state index contributed by atoms with van der Waals surface area (Å²) in [5.74, 6) is -0.815. The van der Waals surface area contributed by atoms with Crippen LogP contribution < -0.4 is 5.73 Å². The Morgan fingerprint density at radius 1 is 1.05 bits per heavy atom. The zero-order chi connectivity index (χ0) is 14.5. The summed E-state index contributed by atoms with van der Waals surface area (Å²) < 4.78 is 26.6. The maximum Gasteiger partial charge on any atom is 0.126 e. The van der Waals surface area contributed by atoms with Gasteiger partial charge in [0.25, 0.3) is 0 Å². The van der Waals surface area contributed by atoms with Crippen molar-refractivity contribution in [3.63, 3.8) is 0 Å². The molecule has 0 radical (unpaired) electrons. The smallest absolute Gasteiger partial charge is 0.126 e. The summed E-state index contributed by atoms with van der Waals surface area (Å²) in [6.45, 7) is 2.06. The fourth-order valence-electron chi connectivity index (χ4n) is 2.32. The van der Waals surface area contributed by atoms with Crippen LogP contribution in [0.25, 0.3) is 0 Å². The largest absolute Gasteiger partial charge is 0.327 e. The van der Waals surface area contributed by atoms with E-state index in [-0.39, 0.29) is 6.04 Å². The summed E-state index contributed by atoms with van der Waals surface area (Å²) in [6, 6.07) is 11.5. The lowest BCUT2D eigenvalue weighted by Gasteiger charge is -2.13. The molecule has 0 heterocycles. The molecule has 0 spiro atoms. The van der Waals surface area contributed by atoms with Gasteiger partial charge in [0.2, 0.25) is 0 Å². The van der Waals surface area contributed by atoms with Crippen LogP contribution in [0.4, 0.5) is 8.78 Å². The average molecular weight is 275 g/mol. The summed E-state index contributed by atoms with van der Waals surface area (Å²) in [5, 5.41) is 0. The minimum atomic E-state index is -0.424. The molecule has 1 unspecified atom stereocenters. The fourth-order valence-corrected chi connectivity index (χ4v) is 2.32. The second kappa shape index (κ2) is 6.62. The first-order chi connectivity index (χ1) is 9.56. The number of hydrogen-bond acceptors (Lipinski definition) is 1. The summed E-state index contributed by atoms with van der Waals surface area (Å²) >= 11 is 0. The predicted octanol–water partition coefficient (Wildman–Crippen LogP) is 3.78. The average Bonchev–Trinajstić information content (AvgIpc) is 2.42. The lowest BCUT2D eigenvalue weighted by molar-refractivity contribution is 0.553. The zero-order valence-corrected chi connectivity index (χ0v) is 11.6. The fraction of sp³-hybridized carbons (Fsp3) is 0.294. The Hall–Kier alpha value is -1.74. The molecule has 2 N–H and O–H groups in total. The molecule has 20 heavy (non-hydrogen) atoms. The molecule has 2 rings (SSSR count). The molecular weight excluding hydrogens is 256 g/mol. The van der Waals surface area contributed by atoms with Crippen LogP contribution in [0.1, 0.15) is 23.1 Å². The molecule has 0 amide bonds. The van der Waals surface area contributed by atoms with Gasteiger partial charge < -0.3 is 5.73 Å². The van der Waals surface area contributed by atoms with Crippen LogP contribution in [0.15, 0.2) is 42.5 Å². The van der Waals surface area contributed by atoms with E-state index in [2.05, 4.69) is 19.1 Å².